The molecular weight excluding hydrogens is 543 g/mol. The highest BCUT2D eigenvalue weighted by molar-refractivity contribution is 6.17. The van der Waals surface area contributed by atoms with Gasteiger partial charge in [0.25, 0.3) is 0 Å². The van der Waals surface area contributed by atoms with Crippen molar-refractivity contribution in [3.05, 3.63) is 71.7 Å². The van der Waals surface area contributed by atoms with Gasteiger partial charge < -0.3 is 15.5 Å². The molecule has 2 aromatic heterocycles. The van der Waals surface area contributed by atoms with Crippen LogP contribution in [0.2, 0.25) is 0 Å². The molecule has 0 bridgehead atoms. The number of fused-ring (bicyclic) bond motifs is 1. The van der Waals surface area contributed by atoms with Crippen LogP contribution in [0.1, 0.15) is 56.8 Å². The van der Waals surface area contributed by atoms with Gasteiger partial charge in [0, 0.05) is 35.9 Å². The molecule has 11 heteroatoms. The first-order chi connectivity index (χ1) is 20.2. The molecule has 0 saturated carbocycles. The molecule has 0 radical (unpaired) electrons. The number of alkyl halides is 3. The summed E-state index contributed by atoms with van der Waals surface area (Å²) in [4.78, 5) is 32.8. The number of nitrogens with zero attached hydrogens (tertiary/aromatic N) is 5. The summed E-state index contributed by atoms with van der Waals surface area (Å²) in [5, 5.41) is 6.26. The molecule has 0 spiro atoms. The van der Waals surface area contributed by atoms with Crippen LogP contribution in [0.15, 0.2) is 70.3 Å². The van der Waals surface area contributed by atoms with Crippen LogP contribution in [-0.4, -0.2) is 58.6 Å². The second-order valence-corrected chi connectivity index (χ2v) is 11.2. The summed E-state index contributed by atoms with van der Waals surface area (Å²) in [5.41, 5.74) is 0.578. The lowest BCUT2D eigenvalue weighted by molar-refractivity contribution is -0.141. The van der Waals surface area contributed by atoms with Gasteiger partial charge in [0.15, 0.2) is 5.84 Å². The van der Waals surface area contributed by atoms with E-state index in [1.807, 2.05) is 25.2 Å². The standard InChI is InChI=1S/C31H36F3N7O/c1-20-23-9-3-4-10-24(23)29(40-30(36-20)25-11-7-12-26(38-25)31(32,33)34)37-22-13-15-35-27(19-22)39-28(42)18-21-8-5-6-16-41(2)17-14-21/h3-4,7,10-13,15,19-21,23H,5-6,8-9,14,16-18H2,1-2H3,(H2,35,36,37,39,40,42). The normalized spacial score (nSPS) is 23.4. The first-order valence-corrected chi connectivity index (χ1v) is 14.5. The highest BCUT2D eigenvalue weighted by Crippen LogP contribution is 2.32. The van der Waals surface area contributed by atoms with E-state index < -0.39 is 11.9 Å². The predicted octanol–water partition coefficient (Wildman–Crippen LogP) is 6.11. The first kappa shape index (κ1) is 29.6. The molecule has 3 unspecified atom stereocenters. The van der Waals surface area contributed by atoms with Crippen molar-refractivity contribution < 1.29 is 18.0 Å². The van der Waals surface area contributed by atoms with Crippen LogP contribution in [0.4, 0.5) is 24.7 Å². The highest BCUT2D eigenvalue weighted by atomic mass is 19.4. The number of aromatic nitrogens is 2. The topological polar surface area (TPSA) is 94.9 Å². The molecular formula is C31H36F3N7O. The van der Waals surface area contributed by atoms with Gasteiger partial charge in [-0.05, 0) is 76.9 Å². The summed E-state index contributed by atoms with van der Waals surface area (Å²) in [6, 6.07) is 6.97. The van der Waals surface area contributed by atoms with E-state index in [4.69, 9.17) is 4.99 Å². The number of aliphatic imine (C=N–C) groups is 2. The third-order valence-electron chi connectivity index (χ3n) is 7.95. The van der Waals surface area contributed by atoms with Crippen LogP contribution in [0.3, 0.4) is 0 Å². The zero-order valence-electron chi connectivity index (χ0n) is 23.9. The number of anilines is 2. The smallest absolute Gasteiger partial charge is 0.340 e. The number of pyridine rings is 2. The number of likely N-dealkylation sites (tertiary alicyclic amines) is 1. The maximum Gasteiger partial charge on any atom is 0.433 e. The lowest BCUT2D eigenvalue weighted by Gasteiger charge is -2.25. The van der Waals surface area contributed by atoms with E-state index in [0.717, 1.165) is 56.8 Å². The van der Waals surface area contributed by atoms with Crippen molar-refractivity contribution in [1.29, 1.82) is 0 Å². The van der Waals surface area contributed by atoms with Gasteiger partial charge in [-0.3, -0.25) is 9.79 Å². The summed E-state index contributed by atoms with van der Waals surface area (Å²) in [5.74, 6) is 1.25. The average Bonchev–Trinajstić information content (AvgIpc) is 3.09. The quantitative estimate of drug-likeness (QED) is 0.446. The lowest BCUT2D eigenvalue weighted by atomic mass is 9.85. The SMILES string of the molecule is CC1N=C(c2cccc(C(F)(F)F)n2)N=C(Nc2ccnc(NC(=O)CC3CCCCN(C)CC3)c2)C2=CC=CCC21. The van der Waals surface area contributed by atoms with E-state index in [9.17, 15) is 18.0 Å². The van der Waals surface area contributed by atoms with Gasteiger partial charge in [-0.25, -0.2) is 15.0 Å². The molecule has 222 valence electrons. The number of halogens is 3. The summed E-state index contributed by atoms with van der Waals surface area (Å²) >= 11 is 0. The van der Waals surface area contributed by atoms with Crippen molar-refractivity contribution in [3.63, 3.8) is 0 Å². The van der Waals surface area contributed by atoms with E-state index >= 15 is 0 Å². The highest BCUT2D eigenvalue weighted by Gasteiger charge is 2.34. The number of carbonyl (C=O) groups excluding carboxylic acids is 1. The Hall–Kier alpha value is -3.86. The second kappa shape index (κ2) is 13.0. The summed E-state index contributed by atoms with van der Waals surface area (Å²) in [7, 11) is 2.12. The van der Waals surface area contributed by atoms with Gasteiger partial charge in [-0.15, -0.1) is 0 Å². The molecule has 42 heavy (non-hydrogen) atoms. The number of allylic oxidation sites excluding steroid dienone is 3. The summed E-state index contributed by atoms with van der Waals surface area (Å²) < 4.78 is 40.2. The Balaban J connectivity index is 1.36. The van der Waals surface area contributed by atoms with E-state index in [2.05, 4.69) is 37.5 Å². The molecule has 2 aliphatic heterocycles. The lowest BCUT2D eigenvalue weighted by Crippen LogP contribution is -2.27. The van der Waals surface area contributed by atoms with E-state index in [-0.39, 0.29) is 29.4 Å². The predicted molar refractivity (Wildman–Crippen MR) is 159 cm³/mol. The largest absolute Gasteiger partial charge is 0.433 e. The molecule has 2 aromatic rings. The Kier molecular flexibility index (Phi) is 9.15. The monoisotopic (exact) mass is 579 g/mol. The van der Waals surface area contributed by atoms with Crippen LogP contribution < -0.4 is 10.6 Å². The molecule has 0 aromatic carbocycles. The fourth-order valence-corrected chi connectivity index (χ4v) is 5.63. The first-order valence-electron chi connectivity index (χ1n) is 14.5. The van der Waals surface area contributed by atoms with E-state index in [0.29, 0.717) is 29.7 Å². The minimum Gasteiger partial charge on any atom is -0.340 e. The van der Waals surface area contributed by atoms with Gasteiger partial charge in [-0.1, -0.05) is 30.7 Å². The van der Waals surface area contributed by atoms with Crippen LogP contribution in [0.25, 0.3) is 0 Å². The molecule has 1 aliphatic carbocycles. The zero-order valence-corrected chi connectivity index (χ0v) is 23.9. The maximum absolute atomic E-state index is 13.4. The summed E-state index contributed by atoms with van der Waals surface area (Å²) in [6.07, 6.45) is 8.41. The van der Waals surface area contributed by atoms with E-state index in [1.54, 1.807) is 18.3 Å². The van der Waals surface area contributed by atoms with Crippen molar-refractivity contribution in [2.45, 2.75) is 57.7 Å². The van der Waals surface area contributed by atoms with Crippen molar-refractivity contribution in [2.24, 2.45) is 21.8 Å². The van der Waals surface area contributed by atoms with Gasteiger partial charge in [-0.2, -0.15) is 13.2 Å². The van der Waals surface area contributed by atoms with Crippen LogP contribution in [0.5, 0.6) is 0 Å². The van der Waals surface area contributed by atoms with E-state index in [1.165, 1.54) is 12.1 Å². The zero-order chi connectivity index (χ0) is 29.7. The van der Waals surface area contributed by atoms with Gasteiger partial charge in [0.1, 0.15) is 23.0 Å². The molecule has 1 fully saturated rings. The fraction of sp³-hybridized carbons (Fsp3) is 0.452. The average molecular weight is 580 g/mol. The fourth-order valence-electron chi connectivity index (χ4n) is 5.63. The molecule has 4 heterocycles. The molecule has 8 nitrogen and oxygen atoms in total. The summed E-state index contributed by atoms with van der Waals surface area (Å²) in [6.45, 7) is 4.02. The number of amidine groups is 2. The molecule has 2 N–H and O–H groups in total. The van der Waals surface area contributed by atoms with Crippen LogP contribution in [-0.2, 0) is 11.0 Å². The number of hydrogen-bond donors (Lipinski definition) is 2. The minimum atomic E-state index is -4.58. The van der Waals surface area contributed by atoms with Crippen LogP contribution >= 0.6 is 0 Å². The maximum atomic E-state index is 13.4. The Bertz CT molecular complexity index is 1420. The van der Waals surface area contributed by atoms with Gasteiger partial charge >= 0.3 is 6.18 Å². The Morgan fingerprint density at radius 3 is 2.83 bits per heavy atom. The van der Waals surface area contributed by atoms with Gasteiger partial charge in [0.2, 0.25) is 5.91 Å². The Morgan fingerprint density at radius 1 is 1.14 bits per heavy atom. The number of rotatable bonds is 5. The number of nitrogens with one attached hydrogen (secondary N) is 2. The third-order valence-corrected chi connectivity index (χ3v) is 7.95. The number of amides is 1. The van der Waals surface area contributed by atoms with Crippen LogP contribution in [0, 0.1) is 11.8 Å². The second-order valence-electron chi connectivity index (χ2n) is 11.2. The van der Waals surface area contributed by atoms with Crippen molar-refractivity contribution in [1.82, 2.24) is 14.9 Å². The Morgan fingerprint density at radius 2 is 2.00 bits per heavy atom. The molecule has 1 amide bonds. The van der Waals surface area contributed by atoms with Crippen molar-refractivity contribution in [2.75, 3.05) is 30.8 Å². The molecule has 5 rings (SSSR count). The van der Waals surface area contributed by atoms with Crippen molar-refractivity contribution >= 4 is 29.1 Å². The Labute approximate surface area is 244 Å². The molecule has 3 atom stereocenters. The molecule has 1 saturated heterocycles. The van der Waals surface area contributed by atoms with Crippen molar-refractivity contribution in [3.8, 4) is 0 Å². The molecule has 3 aliphatic rings. The minimum absolute atomic E-state index is 0.0200. The number of hydrogen-bond acceptors (Lipinski definition) is 7. The number of carbonyl (C=O) groups is 1. The van der Waals surface area contributed by atoms with Gasteiger partial charge in [0.05, 0.1) is 6.04 Å². The third kappa shape index (κ3) is 7.50.